The van der Waals surface area contributed by atoms with Gasteiger partial charge in [0.2, 0.25) is 11.8 Å². The molecule has 7 nitrogen and oxygen atoms in total. The maximum Gasteiger partial charge on any atom is 0.251 e. The van der Waals surface area contributed by atoms with Crippen molar-refractivity contribution in [2.24, 2.45) is 11.7 Å². The molecule has 2 aliphatic rings. The third kappa shape index (κ3) is 3.94. The smallest absolute Gasteiger partial charge is 0.251 e. The number of amides is 3. The third-order valence-corrected chi connectivity index (χ3v) is 5.66. The van der Waals surface area contributed by atoms with Crippen molar-refractivity contribution in [1.29, 1.82) is 0 Å². The van der Waals surface area contributed by atoms with Crippen LogP contribution in [0.4, 0.5) is 0 Å². The van der Waals surface area contributed by atoms with E-state index >= 15 is 0 Å². The van der Waals surface area contributed by atoms with Gasteiger partial charge in [0, 0.05) is 11.6 Å². The van der Waals surface area contributed by atoms with Gasteiger partial charge in [-0.05, 0) is 61.6 Å². The summed E-state index contributed by atoms with van der Waals surface area (Å²) in [6, 6.07) is 15.5. The number of ether oxygens (including phenoxy) is 1. The summed E-state index contributed by atoms with van der Waals surface area (Å²) in [5.74, 6) is 0.378. The SMILES string of the molecule is NC(=O)C1C2CCC(C2)N1C(=O)CNC(=O)c1ccc(Oc2ccccc2)cc1. The molecule has 3 atom stereocenters. The Morgan fingerprint density at radius 3 is 2.38 bits per heavy atom. The van der Waals surface area contributed by atoms with Crippen LogP contribution < -0.4 is 15.8 Å². The van der Waals surface area contributed by atoms with Gasteiger partial charge in [-0.3, -0.25) is 14.4 Å². The van der Waals surface area contributed by atoms with Gasteiger partial charge in [0.15, 0.2) is 0 Å². The lowest BCUT2D eigenvalue weighted by atomic mass is 9.98. The van der Waals surface area contributed by atoms with E-state index in [4.69, 9.17) is 10.5 Å². The van der Waals surface area contributed by atoms with E-state index in [9.17, 15) is 14.4 Å². The van der Waals surface area contributed by atoms with Crippen LogP contribution in [0.3, 0.4) is 0 Å². The topological polar surface area (TPSA) is 102 Å². The highest BCUT2D eigenvalue weighted by molar-refractivity contribution is 5.97. The van der Waals surface area contributed by atoms with Crippen molar-refractivity contribution < 1.29 is 19.1 Å². The molecule has 2 aromatic carbocycles. The molecule has 2 bridgehead atoms. The van der Waals surface area contributed by atoms with E-state index in [2.05, 4.69) is 5.32 Å². The molecule has 29 heavy (non-hydrogen) atoms. The van der Waals surface area contributed by atoms with Crippen molar-refractivity contribution >= 4 is 17.7 Å². The summed E-state index contributed by atoms with van der Waals surface area (Å²) >= 11 is 0. The lowest BCUT2D eigenvalue weighted by Crippen LogP contribution is -2.53. The fraction of sp³-hybridized carbons (Fsp3) is 0.318. The Morgan fingerprint density at radius 1 is 1.00 bits per heavy atom. The molecule has 7 heteroatoms. The Hall–Kier alpha value is -3.35. The molecule has 2 aromatic rings. The fourth-order valence-electron chi connectivity index (χ4n) is 4.36. The van der Waals surface area contributed by atoms with E-state index in [0.717, 1.165) is 19.3 Å². The second-order valence-electron chi connectivity index (χ2n) is 7.50. The molecule has 4 rings (SSSR count). The molecule has 1 saturated carbocycles. The van der Waals surface area contributed by atoms with Gasteiger partial charge in [0.25, 0.3) is 5.91 Å². The number of piperidine rings is 1. The van der Waals surface area contributed by atoms with E-state index in [1.165, 1.54) is 0 Å². The molecule has 0 spiro atoms. The monoisotopic (exact) mass is 393 g/mol. The number of fused-ring (bicyclic) bond motifs is 2. The van der Waals surface area contributed by atoms with E-state index in [1.807, 2.05) is 30.3 Å². The highest BCUT2D eigenvalue weighted by Gasteiger charge is 2.50. The summed E-state index contributed by atoms with van der Waals surface area (Å²) in [5, 5.41) is 2.64. The number of carbonyl (C=O) groups excluding carboxylic acids is 3. The molecular weight excluding hydrogens is 370 g/mol. The van der Waals surface area contributed by atoms with Crippen LogP contribution in [-0.4, -0.2) is 41.2 Å². The molecule has 3 N–H and O–H groups in total. The maximum absolute atomic E-state index is 12.6. The van der Waals surface area contributed by atoms with Crippen LogP contribution in [0.25, 0.3) is 0 Å². The molecule has 150 valence electrons. The highest BCUT2D eigenvalue weighted by Crippen LogP contribution is 2.42. The minimum atomic E-state index is -0.549. The Morgan fingerprint density at radius 2 is 1.69 bits per heavy atom. The average Bonchev–Trinajstić information content (AvgIpc) is 3.35. The number of benzene rings is 2. The zero-order valence-electron chi connectivity index (χ0n) is 15.9. The van der Waals surface area contributed by atoms with Gasteiger partial charge in [-0.1, -0.05) is 18.2 Å². The number of rotatable bonds is 6. The first kappa shape index (κ1) is 19.0. The van der Waals surface area contributed by atoms with Gasteiger partial charge in [-0.2, -0.15) is 0 Å². The summed E-state index contributed by atoms with van der Waals surface area (Å²) < 4.78 is 5.70. The van der Waals surface area contributed by atoms with Crippen LogP contribution >= 0.6 is 0 Å². The van der Waals surface area contributed by atoms with Gasteiger partial charge in [0.1, 0.15) is 17.5 Å². The number of likely N-dealkylation sites (tertiary alicyclic amines) is 1. The molecule has 1 saturated heterocycles. The van der Waals surface area contributed by atoms with Gasteiger partial charge in [0.05, 0.1) is 6.54 Å². The molecule has 0 aromatic heterocycles. The first-order chi connectivity index (χ1) is 14.0. The zero-order chi connectivity index (χ0) is 20.4. The number of hydrogen-bond acceptors (Lipinski definition) is 4. The van der Waals surface area contributed by atoms with Crippen molar-refractivity contribution in [1.82, 2.24) is 10.2 Å². The predicted molar refractivity (Wildman–Crippen MR) is 106 cm³/mol. The van der Waals surface area contributed by atoms with Crippen molar-refractivity contribution in [3.8, 4) is 11.5 Å². The van der Waals surface area contributed by atoms with Gasteiger partial charge >= 0.3 is 0 Å². The second-order valence-corrected chi connectivity index (χ2v) is 7.50. The Balaban J connectivity index is 1.33. The standard InChI is InChI=1S/C22H23N3O4/c23-21(27)20-15-6-9-16(12-15)25(20)19(26)13-24-22(28)14-7-10-18(11-8-14)29-17-4-2-1-3-5-17/h1-5,7-8,10-11,15-16,20H,6,9,12-13H2,(H2,23,27)(H,24,28). The summed E-state index contributed by atoms with van der Waals surface area (Å²) in [6.45, 7) is -0.159. The van der Waals surface area contributed by atoms with Gasteiger partial charge in [-0.25, -0.2) is 0 Å². The molecule has 2 fully saturated rings. The predicted octanol–water partition coefficient (Wildman–Crippen LogP) is 2.07. The van der Waals surface area contributed by atoms with Crippen LogP contribution in [0.15, 0.2) is 54.6 Å². The maximum atomic E-state index is 12.6. The zero-order valence-corrected chi connectivity index (χ0v) is 15.9. The van der Waals surface area contributed by atoms with Crippen LogP contribution in [0.2, 0.25) is 0 Å². The Kier molecular flexibility index (Phi) is 5.20. The van der Waals surface area contributed by atoms with Gasteiger partial charge in [-0.15, -0.1) is 0 Å². The highest BCUT2D eigenvalue weighted by atomic mass is 16.5. The largest absolute Gasteiger partial charge is 0.457 e. The number of nitrogens with zero attached hydrogens (tertiary/aromatic N) is 1. The Bertz CT molecular complexity index is 913. The Labute approximate surface area is 168 Å². The minimum absolute atomic E-state index is 0.0521. The van der Waals surface area contributed by atoms with Crippen molar-refractivity contribution in [3.63, 3.8) is 0 Å². The first-order valence-corrected chi connectivity index (χ1v) is 9.74. The molecule has 1 heterocycles. The quantitative estimate of drug-likeness (QED) is 0.784. The number of carbonyl (C=O) groups is 3. The first-order valence-electron chi connectivity index (χ1n) is 9.74. The normalized spacial score (nSPS) is 22.3. The number of nitrogens with one attached hydrogen (secondary N) is 1. The molecule has 3 amide bonds. The van der Waals surface area contributed by atoms with Gasteiger partial charge < -0.3 is 20.7 Å². The number of primary amides is 1. The summed E-state index contributed by atoms with van der Waals surface area (Å²) in [5.41, 5.74) is 5.92. The van der Waals surface area contributed by atoms with E-state index in [0.29, 0.717) is 17.1 Å². The van der Waals surface area contributed by atoms with Crippen LogP contribution in [0, 0.1) is 5.92 Å². The summed E-state index contributed by atoms with van der Waals surface area (Å²) in [7, 11) is 0. The third-order valence-electron chi connectivity index (χ3n) is 5.66. The van der Waals surface area contributed by atoms with Crippen molar-refractivity contribution in [2.75, 3.05) is 6.54 Å². The molecular formula is C22H23N3O4. The molecule has 0 radical (unpaired) electrons. The lowest BCUT2D eigenvalue weighted by molar-refractivity contribution is -0.140. The van der Waals surface area contributed by atoms with Crippen LogP contribution in [0.5, 0.6) is 11.5 Å². The minimum Gasteiger partial charge on any atom is -0.457 e. The fourth-order valence-corrected chi connectivity index (χ4v) is 4.36. The number of nitrogens with two attached hydrogens (primary N) is 1. The number of hydrogen-bond donors (Lipinski definition) is 2. The average molecular weight is 393 g/mol. The van der Waals surface area contributed by atoms with Crippen molar-refractivity contribution in [2.45, 2.75) is 31.3 Å². The summed E-state index contributed by atoms with van der Waals surface area (Å²) in [4.78, 5) is 38.4. The summed E-state index contributed by atoms with van der Waals surface area (Å²) in [6.07, 6.45) is 2.62. The number of para-hydroxylation sites is 1. The lowest BCUT2D eigenvalue weighted by Gasteiger charge is -2.33. The van der Waals surface area contributed by atoms with E-state index in [-0.39, 0.29) is 30.3 Å². The molecule has 1 aliphatic carbocycles. The van der Waals surface area contributed by atoms with Crippen LogP contribution in [0.1, 0.15) is 29.6 Å². The van der Waals surface area contributed by atoms with Crippen molar-refractivity contribution in [3.05, 3.63) is 60.2 Å². The van der Waals surface area contributed by atoms with E-state index in [1.54, 1.807) is 29.2 Å². The second kappa shape index (κ2) is 7.95. The van der Waals surface area contributed by atoms with E-state index < -0.39 is 11.9 Å². The molecule has 3 unspecified atom stereocenters. The molecule has 1 aliphatic heterocycles. The van der Waals surface area contributed by atoms with Crippen LogP contribution in [-0.2, 0) is 9.59 Å².